The summed E-state index contributed by atoms with van der Waals surface area (Å²) in [5.74, 6) is 0.783. The molecule has 0 saturated carbocycles. The standard InChI is InChI=1S/C17H24N2O3/c1-4-12(5-2)17(21)18-13-8-9-15(22-3)14(11-13)19-10-6-7-16(19)20/h8-9,11-12H,4-7,10H2,1-3H3,(H,18,21). The molecule has 1 aliphatic heterocycles. The number of rotatable bonds is 6. The fourth-order valence-electron chi connectivity index (χ4n) is 2.79. The van der Waals surface area contributed by atoms with Crippen molar-refractivity contribution in [3.63, 3.8) is 0 Å². The first-order chi connectivity index (χ1) is 10.6. The van der Waals surface area contributed by atoms with Crippen LogP contribution in [0.25, 0.3) is 0 Å². The third-order valence-corrected chi connectivity index (χ3v) is 4.17. The van der Waals surface area contributed by atoms with E-state index < -0.39 is 0 Å². The third kappa shape index (κ3) is 3.40. The number of carbonyl (C=O) groups is 2. The Bertz CT molecular complexity index is 553. The van der Waals surface area contributed by atoms with Gasteiger partial charge in [-0.25, -0.2) is 0 Å². The second-order valence-electron chi connectivity index (χ2n) is 5.54. The van der Waals surface area contributed by atoms with E-state index in [0.717, 1.165) is 24.9 Å². The lowest BCUT2D eigenvalue weighted by Gasteiger charge is -2.20. The van der Waals surface area contributed by atoms with Gasteiger partial charge >= 0.3 is 0 Å². The van der Waals surface area contributed by atoms with Gasteiger partial charge in [-0.1, -0.05) is 13.8 Å². The van der Waals surface area contributed by atoms with Crippen LogP contribution in [-0.4, -0.2) is 25.5 Å². The van der Waals surface area contributed by atoms with Crippen molar-refractivity contribution < 1.29 is 14.3 Å². The first-order valence-electron chi connectivity index (χ1n) is 7.90. The van der Waals surface area contributed by atoms with Gasteiger partial charge in [-0.3, -0.25) is 9.59 Å². The smallest absolute Gasteiger partial charge is 0.227 e. The van der Waals surface area contributed by atoms with Crippen molar-refractivity contribution in [3.8, 4) is 5.75 Å². The molecule has 0 unspecified atom stereocenters. The highest BCUT2D eigenvalue weighted by molar-refractivity contribution is 5.98. The van der Waals surface area contributed by atoms with Gasteiger partial charge in [-0.2, -0.15) is 0 Å². The van der Waals surface area contributed by atoms with E-state index in [0.29, 0.717) is 24.4 Å². The predicted octanol–water partition coefficient (Wildman–Crippen LogP) is 3.20. The van der Waals surface area contributed by atoms with E-state index in [1.807, 2.05) is 26.0 Å². The van der Waals surface area contributed by atoms with Gasteiger partial charge in [0.05, 0.1) is 12.8 Å². The highest BCUT2D eigenvalue weighted by atomic mass is 16.5. The molecule has 22 heavy (non-hydrogen) atoms. The number of nitrogens with one attached hydrogen (secondary N) is 1. The number of hydrogen-bond donors (Lipinski definition) is 1. The van der Waals surface area contributed by atoms with Crippen molar-refractivity contribution in [3.05, 3.63) is 18.2 Å². The number of methoxy groups -OCH3 is 1. The summed E-state index contributed by atoms with van der Waals surface area (Å²) in [5, 5.41) is 2.94. The highest BCUT2D eigenvalue weighted by Crippen LogP contribution is 2.34. The average Bonchev–Trinajstić information content (AvgIpc) is 2.94. The van der Waals surface area contributed by atoms with Crippen LogP contribution < -0.4 is 15.0 Å². The minimum Gasteiger partial charge on any atom is -0.495 e. The van der Waals surface area contributed by atoms with E-state index in [4.69, 9.17) is 4.74 Å². The molecule has 2 amide bonds. The Hall–Kier alpha value is -2.04. The fraction of sp³-hybridized carbons (Fsp3) is 0.529. The zero-order valence-electron chi connectivity index (χ0n) is 13.5. The topological polar surface area (TPSA) is 58.6 Å². The number of anilines is 2. The lowest BCUT2D eigenvalue weighted by atomic mass is 10.0. The lowest BCUT2D eigenvalue weighted by molar-refractivity contribution is -0.120. The van der Waals surface area contributed by atoms with Crippen LogP contribution >= 0.6 is 0 Å². The summed E-state index contributed by atoms with van der Waals surface area (Å²) in [6.07, 6.45) is 3.05. The Balaban J connectivity index is 2.23. The second-order valence-corrected chi connectivity index (χ2v) is 5.54. The molecule has 1 aromatic rings. The van der Waals surface area contributed by atoms with Crippen LogP contribution in [0, 0.1) is 5.92 Å². The Kier molecular flexibility index (Phi) is 5.41. The molecule has 5 nitrogen and oxygen atoms in total. The fourth-order valence-corrected chi connectivity index (χ4v) is 2.79. The van der Waals surface area contributed by atoms with Crippen molar-refractivity contribution in [1.82, 2.24) is 0 Å². The number of nitrogens with zero attached hydrogens (tertiary/aromatic N) is 1. The zero-order valence-corrected chi connectivity index (χ0v) is 13.5. The summed E-state index contributed by atoms with van der Waals surface area (Å²) in [6, 6.07) is 5.43. The number of ether oxygens (including phenoxy) is 1. The van der Waals surface area contributed by atoms with Crippen molar-refractivity contribution in [1.29, 1.82) is 0 Å². The molecule has 120 valence electrons. The molecule has 1 heterocycles. The van der Waals surface area contributed by atoms with Crippen LogP contribution in [-0.2, 0) is 9.59 Å². The van der Waals surface area contributed by atoms with Crippen molar-refractivity contribution in [2.75, 3.05) is 23.9 Å². The average molecular weight is 304 g/mol. The van der Waals surface area contributed by atoms with Gasteiger partial charge in [-0.05, 0) is 37.5 Å². The van der Waals surface area contributed by atoms with Gasteiger partial charge < -0.3 is 15.0 Å². The van der Waals surface area contributed by atoms with E-state index in [9.17, 15) is 9.59 Å². The van der Waals surface area contributed by atoms with Crippen LogP contribution in [0.3, 0.4) is 0 Å². The number of carbonyl (C=O) groups excluding carboxylic acids is 2. The van der Waals surface area contributed by atoms with Crippen molar-refractivity contribution in [2.45, 2.75) is 39.5 Å². The van der Waals surface area contributed by atoms with E-state index in [1.54, 1.807) is 18.1 Å². The lowest BCUT2D eigenvalue weighted by Crippen LogP contribution is -2.25. The van der Waals surface area contributed by atoms with Crippen LogP contribution in [0.1, 0.15) is 39.5 Å². The quantitative estimate of drug-likeness (QED) is 0.878. The van der Waals surface area contributed by atoms with Crippen LogP contribution in [0.2, 0.25) is 0 Å². The Morgan fingerprint density at radius 2 is 2.09 bits per heavy atom. The summed E-state index contributed by atoms with van der Waals surface area (Å²) in [4.78, 5) is 25.9. The Morgan fingerprint density at radius 3 is 2.64 bits per heavy atom. The molecule has 0 aliphatic carbocycles. The molecular formula is C17H24N2O3. The molecule has 2 rings (SSSR count). The molecule has 5 heteroatoms. The highest BCUT2D eigenvalue weighted by Gasteiger charge is 2.25. The Labute approximate surface area is 131 Å². The summed E-state index contributed by atoms with van der Waals surface area (Å²) in [6.45, 7) is 4.71. The Morgan fingerprint density at radius 1 is 1.36 bits per heavy atom. The van der Waals surface area contributed by atoms with Gasteiger partial charge in [0.2, 0.25) is 11.8 Å². The molecule has 0 radical (unpaired) electrons. The van der Waals surface area contributed by atoms with E-state index in [2.05, 4.69) is 5.32 Å². The third-order valence-electron chi connectivity index (χ3n) is 4.17. The minimum atomic E-state index is 0.0129. The van der Waals surface area contributed by atoms with E-state index in [-0.39, 0.29) is 17.7 Å². The maximum Gasteiger partial charge on any atom is 0.227 e. The first-order valence-corrected chi connectivity index (χ1v) is 7.90. The first kappa shape index (κ1) is 16.3. The summed E-state index contributed by atoms with van der Waals surface area (Å²) in [7, 11) is 1.59. The van der Waals surface area contributed by atoms with Gasteiger partial charge in [-0.15, -0.1) is 0 Å². The second kappa shape index (κ2) is 7.29. The molecule has 1 aromatic carbocycles. The van der Waals surface area contributed by atoms with Crippen LogP contribution in [0.15, 0.2) is 18.2 Å². The molecule has 0 aromatic heterocycles. The summed E-state index contributed by atoms with van der Waals surface area (Å²) >= 11 is 0. The largest absolute Gasteiger partial charge is 0.495 e. The monoisotopic (exact) mass is 304 g/mol. The number of hydrogen-bond acceptors (Lipinski definition) is 3. The molecule has 1 saturated heterocycles. The molecule has 1 fully saturated rings. The zero-order chi connectivity index (χ0) is 16.1. The molecule has 1 aliphatic rings. The molecule has 0 spiro atoms. The summed E-state index contributed by atoms with van der Waals surface area (Å²) in [5.41, 5.74) is 1.43. The SMILES string of the molecule is CCC(CC)C(=O)Nc1ccc(OC)c(N2CCCC2=O)c1. The van der Waals surface area contributed by atoms with Crippen LogP contribution in [0.4, 0.5) is 11.4 Å². The number of amides is 2. The number of benzene rings is 1. The predicted molar refractivity (Wildman–Crippen MR) is 87.3 cm³/mol. The molecule has 1 N–H and O–H groups in total. The van der Waals surface area contributed by atoms with Gasteiger partial charge in [0.1, 0.15) is 5.75 Å². The minimum absolute atomic E-state index is 0.0129. The van der Waals surface area contributed by atoms with Gasteiger partial charge in [0.15, 0.2) is 0 Å². The maximum absolute atomic E-state index is 12.2. The molecule has 0 bridgehead atoms. The van der Waals surface area contributed by atoms with Crippen LogP contribution in [0.5, 0.6) is 5.75 Å². The molecular weight excluding hydrogens is 280 g/mol. The van der Waals surface area contributed by atoms with E-state index in [1.165, 1.54) is 0 Å². The van der Waals surface area contributed by atoms with Gasteiger partial charge in [0, 0.05) is 24.6 Å². The normalized spacial score (nSPS) is 14.5. The maximum atomic E-state index is 12.2. The van der Waals surface area contributed by atoms with Crippen molar-refractivity contribution >= 4 is 23.2 Å². The van der Waals surface area contributed by atoms with Gasteiger partial charge in [0.25, 0.3) is 0 Å². The van der Waals surface area contributed by atoms with E-state index >= 15 is 0 Å². The molecule has 0 atom stereocenters. The summed E-state index contributed by atoms with van der Waals surface area (Å²) < 4.78 is 5.35. The van der Waals surface area contributed by atoms with Crippen molar-refractivity contribution in [2.24, 2.45) is 5.92 Å².